The molecular weight excluding hydrogens is 242 g/mol. The van der Waals surface area contributed by atoms with Crippen molar-refractivity contribution in [3.63, 3.8) is 0 Å². The number of hydrogen-bond acceptors (Lipinski definition) is 1. The van der Waals surface area contributed by atoms with Crippen LogP contribution in [0.4, 0.5) is 0 Å². The summed E-state index contributed by atoms with van der Waals surface area (Å²) in [6.07, 6.45) is 0. The molecule has 0 unspecified atom stereocenters. The fraction of sp³-hybridized carbons (Fsp3) is 0. The molecule has 0 heterocycles. The number of ketones is 1. The van der Waals surface area contributed by atoms with Gasteiger partial charge in [0.1, 0.15) is 0 Å². The Balaban J connectivity index is 2.42. The van der Waals surface area contributed by atoms with E-state index in [2.05, 4.69) is 0 Å². The molecule has 0 saturated carbocycles. The molecule has 0 fully saturated rings. The van der Waals surface area contributed by atoms with Gasteiger partial charge in [0.05, 0.1) is 0 Å². The molecule has 0 aliphatic carbocycles. The number of benzene rings is 2. The molecule has 15 heavy (non-hydrogen) atoms. The summed E-state index contributed by atoms with van der Waals surface area (Å²) in [7, 11) is 0. The van der Waals surface area contributed by atoms with Crippen LogP contribution in [-0.2, 0) is 0 Å². The van der Waals surface area contributed by atoms with E-state index >= 15 is 0 Å². The Hall–Kier alpha value is -1.25. The zero-order valence-corrected chi connectivity index (χ0v) is 12.8. The second kappa shape index (κ2) is 4.51. The van der Waals surface area contributed by atoms with Crippen molar-refractivity contribution in [1.82, 2.24) is 0 Å². The van der Waals surface area contributed by atoms with Gasteiger partial charge in [0.25, 0.3) is 0 Å². The fourth-order valence-electron chi connectivity index (χ4n) is 1.57. The first kappa shape index (κ1) is 10.3. The van der Waals surface area contributed by atoms with E-state index in [4.69, 9.17) is 0 Å². The molecule has 2 heteroatoms. The molecule has 2 aromatic carbocycles. The first-order chi connectivity index (χ1) is 7.29. The first-order valence-electron chi connectivity index (χ1n) is 4.94. The van der Waals surface area contributed by atoms with Crippen LogP contribution in [0.25, 0.3) is 0 Å². The van der Waals surface area contributed by atoms with Crippen LogP contribution in [0.5, 0.6) is 0 Å². The minimum absolute atomic E-state index is 0.138. The summed E-state index contributed by atoms with van der Waals surface area (Å²) in [5, 5.41) is 0. The molecule has 0 aliphatic rings. The molecule has 0 amide bonds. The summed E-state index contributed by atoms with van der Waals surface area (Å²) in [6.45, 7) is 0. The Morgan fingerprint density at radius 3 is 2.13 bits per heavy atom. The van der Waals surface area contributed by atoms with Crippen LogP contribution in [0, 0.1) is 0 Å². The van der Waals surface area contributed by atoms with Gasteiger partial charge in [-0.15, -0.1) is 0 Å². The van der Waals surface area contributed by atoms with Gasteiger partial charge in [0.2, 0.25) is 0 Å². The fourth-order valence-corrected chi connectivity index (χ4v) is 2.80. The molecule has 0 aromatic heterocycles. The Kier molecular flexibility index (Phi) is 3.09. The normalized spacial score (nSPS) is 9.87. The number of carbonyl (C=O) groups is 1. The van der Waals surface area contributed by atoms with Gasteiger partial charge in [0, 0.05) is 0 Å². The second-order valence-corrected chi connectivity index (χ2v) is 5.77. The van der Waals surface area contributed by atoms with Crippen molar-refractivity contribution >= 4 is 28.5 Å². The zero-order chi connectivity index (χ0) is 10.7. The molecule has 72 valence electrons. The zero-order valence-electron chi connectivity index (χ0n) is 8.60. The molecule has 0 bridgehead atoms. The molecule has 1 nitrogen and oxygen atoms in total. The van der Waals surface area contributed by atoms with Crippen LogP contribution in [-0.4, -0.2) is 24.4 Å². The molecule has 0 N–H and O–H groups in total. The molecule has 0 spiro atoms. The van der Waals surface area contributed by atoms with Crippen LogP contribution >= 0.6 is 0 Å². The summed E-state index contributed by atoms with van der Waals surface area (Å²) in [6, 6.07) is 17.3. The third-order valence-electron chi connectivity index (χ3n) is 2.43. The SMILES string of the molecule is O=C(c1ccccc1)c1cccc[c]1[GaH2]. The van der Waals surface area contributed by atoms with E-state index in [-0.39, 0.29) is 5.78 Å². The molecule has 0 aliphatic heterocycles. The summed E-state index contributed by atoms with van der Waals surface area (Å²) in [5.74, 6) is 0.138. The summed E-state index contributed by atoms with van der Waals surface area (Å²) in [5.41, 5.74) is 1.64. The summed E-state index contributed by atoms with van der Waals surface area (Å²) >= 11 is 0.536. The summed E-state index contributed by atoms with van der Waals surface area (Å²) < 4.78 is 1.21. The molecule has 2 rings (SSSR count). The Morgan fingerprint density at radius 2 is 1.47 bits per heavy atom. The maximum absolute atomic E-state index is 12.1. The molecule has 0 saturated heterocycles. The standard InChI is InChI=1S/C13H9O.Ga.2H/c14-13(11-7-3-1-4-8-11)12-9-5-2-6-10-12;;;/h1-9H;;;. The van der Waals surface area contributed by atoms with Crippen LogP contribution in [0.15, 0.2) is 54.6 Å². The molecule has 0 atom stereocenters. The van der Waals surface area contributed by atoms with Gasteiger partial charge >= 0.3 is 99.0 Å². The van der Waals surface area contributed by atoms with Crippen molar-refractivity contribution in [3.8, 4) is 0 Å². The van der Waals surface area contributed by atoms with Gasteiger partial charge in [0.15, 0.2) is 0 Å². The predicted molar refractivity (Wildman–Crippen MR) is 64.5 cm³/mol. The average Bonchev–Trinajstić information content (AvgIpc) is 2.30. The van der Waals surface area contributed by atoms with Gasteiger partial charge in [-0.2, -0.15) is 0 Å². The van der Waals surface area contributed by atoms with Crippen molar-refractivity contribution in [1.29, 1.82) is 0 Å². The van der Waals surface area contributed by atoms with E-state index in [1.165, 1.54) is 4.12 Å². The van der Waals surface area contributed by atoms with Crippen molar-refractivity contribution in [2.45, 2.75) is 0 Å². The molecule has 2 aromatic rings. The van der Waals surface area contributed by atoms with Gasteiger partial charge in [-0.05, 0) is 0 Å². The quantitative estimate of drug-likeness (QED) is 0.580. The number of carbonyl (C=O) groups excluding carboxylic acids is 1. The van der Waals surface area contributed by atoms with E-state index in [0.717, 1.165) is 11.1 Å². The van der Waals surface area contributed by atoms with Crippen LogP contribution in [0.2, 0.25) is 0 Å². The number of hydrogen-bond donors (Lipinski definition) is 0. The van der Waals surface area contributed by atoms with Gasteiger partial charge in [-0.3, -0.25) is 0 Å². The molecule has 0 radical (unpaired) electrons. The van der Waals surface area contributed by atoms with E-state index in [0.29, 0.717) is 18.6 Å². The van der Waals surface area contributed by atoms with Crippen molar-refractivity contribution < 1.29 is 4.79 Å². The molecular formula is C13H11GaO. The van der Waals surface area contributed by atoms with Gasteiger partial charge in [-0.25, -0.2) is 0 Å². The topological polar surface area (TPSA) is 17.1 Å². The average molecular weight is 253 g/mol. The van der Waals surface area contributed by atoms with Crippen LogP contribution in [0.1, 0.15) is 15.9 Å². The van der Waals surface area contributed by atoms with Crippen molar-refractivity contribution in [2.75, 3.05) is 0 Å². The van der Waals surface area contributed by atoms with Crippen LogP contribution < -0.4 is 4.12 Å². The maximum atomic E-state index is 12.1. The minimum atomic E-state index is 0.138. The van der Waals surface area contributed by atoms with E-state index < -0.39 is 0 Å². The third-order valence-corrected chi connectivity index (χ3v) is 4.26. The van der Waals surface area contributed by atoms with Crippen molar-refractivity contribution in [3.05, 3.63) is 65.7 Å². The van der Waals surface area contributed by atoms with E-state index in [1.807, 2.05) is 54.6 Å². The van der Waals surface area contributed by atoms with Crippen molar-refractivity contribution in [2.24, 2.45) is 0 Å². The first-order valence-corrected chi connectivity index (χ1v) is 7.04. The Bertz CT molecular complexity index is 477. The Morgan fingerprint density at radius 1 is 0.867 bits per heavy atom. The third kappa shape index (κ3) is 2.22. The predicted octanol–water partition coefficient (Wildman–Crippen LogP) is 1.18. The Labute approximate surface area is 99.1 Å². The van der Waals surface area contributed by atoms with E-state index in [1.54, 1.807) is 0 Å². The number of rotatable bonds is 2. The van der Waals surface area contributed by atoms with Gasteiger partial charge in [-0.1, -0.05) is 0 Å². The summed E-state index contributed by atoms with van der Waals surface area (Å²) in [4.78, 5) is 12.1. The van der Waals surface area contributed by atoms with Gasteiger partial charge < -0.3 is 0 Å². The monoisotopic (exact) mass is 252 g/mol. The van der Waals surface area contributed by atoms with Crippen LogP contribution in [0.3, 0.4) is 0 Å². The van der Waals surface area contributed by atoms with E-state index in [9.17, 15) is 4.79 Å². The second-order valence-electron chi connectivity index (χ2n) is 3.51.